The van der Waals surface area contributed by atoms with E-state index in [1.807, 2.05) is 11.3 Å². The number of nitrogens with zero attached hydrogens (tertiary/aromatic N) is 1. The van der Waals surface area contributed by atoms with Crippen molar-refractivity contribution in [2.45, 2.75) is 25.7 Å². The number of thiophene rings is 1. The van der Waals surface area contributed by atoms with Gasteiger partial charge in [-0.3, -0.25) is 0 Å². The molecule has 0 radical (unpaired) electrons. The van der Waals surface area contributed by atoms with E-state index in [9.17, 15) is 0 Å². The Bertz CT molecular complexity index is 483. The third-order valence-electron chi connectivity index (χ3n) is 4.33. The Labute approximate surface area is 126 Å². The molecular weight excluding hydrogens is 262 g/mol. The van der Waals surface area contributed by atoms with Crippen molar-refractivity contribution in [1.29, 1.82) is 0 Å². The molecule has 0 atom stereocenters. The van der Waals surface area contributed by atoms with Gasteiger partial charge in [-0.2, -0.15) is 0 Å². The van der Waals surface area contributed by atoms with Crippen LogP contribution >= 0.6 is 11.3 Å². The maximum atomic E-state index is 2.64. The van der Waals surface area contributed by atoms with Crippen LogP contribution in [0.3, 0.4) is 0 Å². The van der Waals surface area contributed by atoms with E-state index in [0.29, 0.717) is 0 Å². The number of likely N-dealkylation sites (tertiary alicyclic amines) is 1. The lowest BCUT2D eigenvalue weighted by Gasteiger charge is -2.32. The molecule has 1 saturated heterocycles. The van der Waals surface area contributed by atoms with Crippen molar-refractivity contribution in [3.8, 4) is 0 Å². The molecule has 2 aromatic rings. The van der Waals surface area contributed by atoms with Crippen LogP contribution in [-0.2, 0) is 12.8 Å². The Morgan fingerprint density at radius 3 is 2.50 bits per heavy atom. The summed E-state index contributed by atoms with van der Waals surface area (Å²) in [7, 11) is 0. The van der Waals surface area contributed by atoms with E-state index in [2.05, 4.69) is 52.7 Å². The highest BCUT2D eigenvalue weighted by Crippen LogP contribution is 2.22. The summed E-state index contributed by atoms with van der Waals surface area (Å²) in [5, 5.41) is 2.18. The summed E-state index contributed by atoms with van der Waals surface area (Å²) < 4.78 is 0. The number of hydrogen-bond acceptors (Lipinski definition) is 2. The zero-order valence-corrected chi connectivity index (χ0v) is 12.8. The zero-order chi connectivity index (χ0) is 13.6. The highest BCUT2D eigenvalue weighted by molar-refractivity contribution is 7.09. The molecule has 1 aliphatic heterocycles. The molecule has 0 bridgehead atoms. The molecule has 0 aliphatic carbocycles. The molecule has 1 aromatic carbocycles. The summed E-state index contributed by atoms with van der Waals surface area (Å²) in [6, 6.07) is 15.4. The summed E-state index contributed by atoms with van der Waals surface area (Å²) in [6.45, 7) is 3.80. The number of hydrogen-bond donors (Lipinski definition) is 0. The largest absolute Gasteiger partial charge is 0.303 e. The quantitative estimate of drug-likeness (QED) is 0.794. The highest BCUT2D eigenvalue weighted by atomic mass is 32.1. The minimum absolute atomic E-state index is 0.885. The van der Waals surface area contributed by atoms with E-state index >= 15 is 0 Å². The topological polar surface area (TPSA) is 3.24 Å². The molecule has 0 amide bonds. The van der Waals surface area contributed by atoms with Gasteiger partial charge in [-0.1, -0.05) is 36.4 Å². The van der Waals surface area contributed by atoms with E-state index in [4.69, 9.17) is 0 Å². The van der Waals surface area contributed by atoms with Crippen LogP contribution in [0.4, 0.5) is 0 Å². The molecule has 3 rings (SSSR count). The van der Waals surface area contributed by atoms with Gasteiger partial charge in [0.05, 0.1) is 0 Å². The Morgan fingerprint density at radius 1 is 1.00 bits per heavy atom. The molecule has 20 heavy (non-hydrogen) atoms. The predicted octanol–water partition coefficient (Wildman–Crippen LogP) is 4.25. The molecule has 0 saturated carbocycles. The summed E-state index contributed by atoms with van der Waals surface area (Å²) in [5.74, 6) is 0.885. The van der Waals surface area contributed by atoms with Gasteiger partial charge in [0.1, 0.15) is 0 Å². The van der Waals surface area contributed by atoms with Gasteiger partial charge in [-0.25, -0.2) is 0 Å². The Kier molecular flexibility index (Phi) is 4.88. The summed E-state index contributed by atoms with van der Waals surface area (Å²) in [6.07, 6.45) is 5.21. The zero-order valence-electron chi connectivity index (χ0n) is 12.0. The minimum atomic E-state index is 0.885. The lowest BCUT2D eigenvalue weighted by atomic mass is 9.90. The SMILES string of the molecule is c1ccc(CC2CCN(CCc3cccs3)CC2)cc1. The van der Waals surface area contributed by atoms with Crippen LogP contribution in [0.15, 0.2) is 47.8 Å². The standard InChI is InChI=1S/C18H23NS/c1-2-5-16(6-3-1)15-17-8-11-19(12-9-17)13-10-18-7-4-14-20-18/h1-7,14,17H,8-13,15H2. The minimum Gasteiger partial charge on any atom is -0.303 e. The fourth-order valence-electron chi connectivity index (χ4n) is 3.08. The molecular formula is C18H23NS. The van der Waals surface area contributed by atoms with Crippen LogP contribution in [0, 0.1) is 5.92 Å². The Hall–Kier alpha value is -1.12. The van der Waals surface area contributed by atoms with Crippen LogP contribution < -0.4 is 0 Å². The molecule has 1 fully saturated rings. The molecule has 106 valence electrons. The van der Waals surface area contributed by atoms with Crippen LogP contribution in [0.1, 0.15) is 23.3 Å². The van der Waals surface area contributed by atoms with Gasteiger partial charge in [0.2, 0.25) is 0 Å². The average molecular weight is 285 g/mol. The first-order valence-electron chi connectivity index (χ1n) is 7.69. The summed E-state index contributed by atoms with van der Waals surface area (Å²) in [5.41, 5.74) is 1.50. The fraction of sp³-hybridized carbons (Fsp3) is 0.444. The van der Waals surface area contributed by atoms with E-state index in [1.54, 1.807) is 0 Å². The lowest BCUT2D eigenvalue weighted by Crippen LogP contribution is -2.35. The van der Waals surface area contributed by atoms with Gasteiger partial charge in [0.15, 0.2) is 0 Å². The molecule has 2 heteroatoms. The van der Waals surface area contributed by atoms with E-state index in [-0.39, 0.29) is 0 Å². The Morgan fingerprint density at radius 2 is 1.80 bits per heavy atom. The predicted molar refractivity (Wildman–Crippen MR) is 87.3 cm³/mol. The first-order chi connectivity index (χ1) is 9.90. The van der Waals surface area contributed by atoms with Gasteiger partial charge in [0.25, 0.3) is 0 Å². The van der Waals surface area contributed by atoms with Crippen molar-refractivity contribution in [3.05, 3.63) is 58.3 Å². The maximum absolute atomic E-state index is 2.64. The van der Waals surface area contributed by atoms with Crippen LogP contribution in [-0.4, -0.2) is 24.5 Å². The molecule has 0 spiro atoms. The number of benzene rings is 1. The highest BCUT2D eigenvalue weighted by Gasteiger charge is 2.19. The second kappa shape index (κ2) is 7.05. The second-order valence-electron chi connectivity index (χ2n) is 5.80. The average Bonchev–Trinajstić information content (AvgIpc) is 3.01. The van der Waals surface area contributed by atoms with Crippen LogP contribution in [0.25, 0.3) is 0 Å². The van der Waals surface area contributed by atoms with Gasteiger partial charge in [-0.05, 0) is 61.7 Å². The lowest BCUT2D eigenvalue weighted by molar-refractivity contribution is 0.186. The molecule has 1 nitrogen and oxygen atoms in total. The van der Waals surface area contributed by atoms with Gasteiger partial charge in [0, 0.05) is 11.4 Å². The molecule has 0 N–H and O–H groups in total. The van der Waals surface area contributed by atoms with Gasteiger partial charge < -0.3 is 4.90 Å². The van der Waals surface area contributed by atoms with E-state index < -0.39 is 0 Å². The van der Waals surface area contributed by atoms with Gasteiger partial charge in [-0.15, -0.1) is 11.3 Å². The number of rotatable bonds is 5. The summed E-state index contributed by atoms with van der Waals surface area (Å²) >= 11 is 1.89. The van der Waals surface area contributed by atoms with Crippen molar-refractivity contribution < 1.29 is 0 Å². The van der Waals surface area contributed by atoms with E-state index in [0.717, 1.165) is 5.92 Å². The Balaban J connectivity index is 1.40. The number of piperidine rings is 1. The van der Waals surface area contributed by atoms with Crippen LogP contribution in [0.5, 0.6) is 0 Å². The first-order valence-corrected chi connectivity index (χ1v) is 8.57. The van der Waals surface area contributed by atoms with Crippen molar-refractivity contribution >= 4 is 11.3 Å². The third-order valence-corrected chi connectivity index (χ3v) is 5.27. The molecule has 2 heterocycles. The monoisotopic (exact) mass is 285 g/mol. The van der Waals surface area contributed by atoms with Crippen molar-refractivity contribution in [2.24, 2.45) is 5.92 Å². The summed E-state index contributed by atoms with van der Waals surface area (Å²) in [4.78, 5) is 4.16. The molecule has 1 aliphatic rings. The van der Waals surface area contributed by atoms with Gasteiger partial charge >= 0.3 is 0 Å². The molecule has 0 unspecified atom stereocenters. The second-order valence-corrected chi connectivity index (χ2v) is 6.84. The normalized spacial score (nSPS) is 17.4. The third kappa shape index (κ3) is 3.94. The van der Waals surface area contributed by atoms with Crippen molar-refractivity contribution in [1.82, 2.24) is 4.90 Å². The fourth-order valence-corrected chi connectivity index (χ4v) is 3.78. The maximum Gasteiger partial charge on any atom is 0.00579 e. The first kappa shape index (κ1) is 13.8. The van der Waals surface area contributed by atoms with E-state index in [1.165, 1.54) is 55.8 Å². The molecule has 1 aromatic heterocycles. The van der Waals surface area contributed by atoms with Crippen LogP contribution in [0.2, 0.25) is 0 Å². The van der Waals surface area contributed by atoms with Crippen molar-refractivity contribution in [2.75, 3.05) is 19.6 Å². The smallest absolute Gasteiger partial charge is 0.00579 e. The van der Waals surface area contributed by atoms with Crippen molar-refractivity contribution in [3.63, 3.8) is 0 Å².